The first-order chi connectivity index (χ1) is 12.2. The first-order valence-electron chi connectivity index (χ1n) is 9.01. The van der Waals surface area contributed by atoms with Crippen LogP contribution in [0.2, 0.25) is 0 Å². The second kappa shape index (κ2) is 7.12. The van der Waals surface area contributed by atoms with E-state index in [4.69, 9.17) is 0 Å². The second-order valence-electron chi connectivity index (χ2n) is 7.12. The zero-order chi connectivity index (χ0) is 17.2. The minimum atomic E-state index is 0.309. The summed E-state index contributed by atoms with van der Waals surface area (Å²) >= 11 is 1.74. The number of anilines is 1. The lowest BCUT2D eigenvalue weighted by atomic mass is 9.97. The number of carbonyl (C=O) groups is 1. The Labute approximate surface area is 152 Å². The van der Waals surface area contributed by atoms with Crippen LogP contribution < -0.4 is 4.90 Å². The van der Waals surface area contributed by atoms with E-state index >= 15 is 0 Å². The van der Waals surface area contributed by atoms with Crippen molar-refractivity contribution in [3.05, 3.63) is 41.0 Å². The number of carbonyl (C=O) groups excluding carboxylic acids is 1. The van der Waals surface area contributed by atoms with E-state index in [0.29, 0.717) is 30.2 Å². The van der Waals surface area contributed by atoms with Crippen molar-refractivity contribution in [1.29, 1.82) is 0 Å². The van der Waals surface area contributed by atoms with Gasteiger partial charge in [0.25, 0.3) is 0 Å². The van der Waals surface area contributed by atoms with Crippen LogP contribution >= 0.6 is 11.3 Å². The lowest BCUT2D eigenvalue weighted by Crippen LogP contribution is -2.39. The van der Waals surface area contributed by atoms with Crippen LogP contribution in [0.5, 0.6) is 0 Å². The second-order valence-corrected chi connectivity index (χ2v) is 8.15. The maximum atomic E-state index is 12.6. The molecule has 1 saturated carbocycles. The van der Waals surface area contributed by atoms with Crippen LogP contribution in [0.1, 0.15) is 24.1 Å². The van der Waals surface area contributed by atoms with Gasteiger partial charge in [-0.05, 0) is 36.6 Å². The van der Waals surface area contributed by atoms with Crippen molar-refractivity contribution in [2.24, 2.45) is 11.8 Å². The van der Waals surface area contributed by atoms with Crippen LogP contribution in [0, 0.1) is 11.8 Å². The highest BCUT2D eigenvalue weighted by atomic mass is 32.1. The Balaban J connectivity index is 1.37. The minimum Gasteiger partial charge on any atom is -0.355 e. The Bertz CT molecular complexity index is 705. The summed E-state index contributed by atoms with van der Waals surface area (Å²) < 4.78 is 0. The molecule has 3 heterocycles. The molecule has 2 aromatic rings. The summed E-state index contributed by atoms with van der Waals surface area (Å²) in [7, 11) is 2.11. The van der Waals surface area contributed by atoms with E-state index in [-0.39, 0.29) is 0 Å². The van der Waals surface area contributed by atoms with Crippen LogP contribution in [0.4, 0.5) is 5.82 Å². The topological polar surface area (TPSA) is 49.3 Å². The zero-order valence-electron chi connectivity index (χ0n) is 14.5. The number of thiophene rings is 1. The van der Waals surface area contributed by atoms with Crippen molar-refractivity contribution in [3.63, 3.8) is 0 Å². The molecule has 0 N–H and O–H groups in total. The van der Waals surface area contributed by atoms with Gasteiger partial charge in [0.2, 0.25) is 5.91 Å². The highest BCUT2D eigenvalue weighted by Gasteiger charge is 2.45. The van der Waals surface area contributed by atoms with Gasteiger partial charge in [0, 0.05) is 55.8 Å². The molecule has 1 aliphatic carbocycles. The minimum absolute atomic E-state index is 0.309. The number of hydrogen-bond acceptors (Lipinski definition) is 5. The third-order valence-corrected chi connectivity index (χ3v) is 6.68. The summed E-state index contributed by atoms with van der Waals surface area (Å²) in [4.78, 5) is 26.9. The fourth-order valence-electron chi connectivity index (χ4n) is 4.41. The highest BCUT2D eigenvalue weighted by Crippen LogP contribution is 2.41. The Morgan fingerprint density at radius 3 is 3.04 bits per heavy atom. The van der Waals surface area contributed by atoms with Crippen LogP contribution in [0.15, 0.2) is 36.1 Å². The average molecular weight is 356 g/mol. The molecule has 4 rings (SSSR count). The maximum Gasteiger partial charge on any atom is 0.222 e. The Morgan fingerprint density at radius 2 is 2.28 bits per heavy atom. The molecule has 25 heavy (non-hydrogen) atoms. The van der Waals surface area contributed by atoms with E-state index in [1.165, 1.54) is 17.7 Å². The van der Waals surface area contributed by atoms with E-state index in [1.807, 2.05) is 6.20 Å². The molecule has 132 valence electrons. The van der Waals surface area contributed by atoms with Gasteiger partial charge in [-0.25, -0.2) is 4.98 Å². The molecule has 0 spiro atoms. The third-order valence-electron chi connectivity index (χ3n) is 5.75. The van der Waals surface area contributed by atoms with Crippen molar-refractivity contribution >= 4 is 23.1 Å². The quantitative estimate of drug-likeness (QED) is 0.827. The van der Waals surface area contributed by atoms with Gasteiger partial charge >= 0.3 is 0 Å². The third kappa shape index (κ3) is 3.40. The zero-order valence-corrected chi connectivity index (χ0v) is 15.4. The summed E-state index contributed by atoms with van der Waals surface area (Å²) in [6.45, 7) is 1.82. The van der Waals surface area contributed by atoms with E-state index < -0.39 is 0 Å². The molecular weight excluding hydrogens is 332 g/mol. The summed E-state index contributed by atoms with van der Waals surface area (Å²) in [6.07, 6.45) is 9.15. The first kappa shape index (κ1) is 16.5. The van der Waals surface area contributed by atoms with Crippen LogP contribution in [-0.2, 0) is 11.2 Å². The van der Waals surface area contributed by atoms with Crippen molar-refractivity contribution < 1.29 is 4.79 Å². The van der Waals surface area contributed by atoms with E-state index in [0.717, 1.165) is 25.3 Å². The molecule has 2 aliphatic rings. The number of nitrogens with zero attached hydrogens (tertiary/aromatic N) is 4. The molecule has 0 radical (unpaired) electrons. The Kier molecular flexibility index (Phi) is 4.70. The molecule has 6 heteroatoms. The lowest BCUT2D eigenvalue weighted by molar-refractivity contribution is -0.130. The standard InChI is InChI=1S/C19H24N4OS/c1-22(18-11-20-8-9-21-18)17-6-4-14-12-23(13-16(14)17)19(24)7-5-15-3-2-10-25-15/h2-3,8-11,14,16-17H,4-7,12-13H2,1H3/t14-,16+,17+/m1/s1. The number of likely N-dealkylation sites (tertiary alicyclic amines) is 1. The molecule has 0 bridgehead atoms. The van der Waals surface area contributed by atoms with Crippen LogP contribution in [0.3, 0.4) is 0 Å². The molecule has 5 nitrogen and oxygen atoms in total. The lowest BCUT2D eigenvalue weighted by Gasteiger charge is -2.30. The van der Waals surface area contributed by atoms with Crippen LogP contribution in [0.25, 0.3) is 0 Å². The number of hydrogen-bond donors (Lipinski definition) is 0. The summed E-state index contributed by atoms with van der Waals surface area (Å²) in [5, 5.41) is 2.08. The number of aryl methyl sites for hydroxylation is 1. The smallest absolute Gasteiger partial charge is 0.222 e. The van der Waals surface area contributed by atoms with Crippen molar-refractivity contribution in [2.45, 2.75) is 31.7 Å². The molecule has 2 aromatic heterocycles. The van der Waals surface area contributed by atoms with Crippen molar-refractivity contribution in [2.75, 3.05) is 25.0 Å². The normalized spacial score (nSPS) is 25.2. The van der Waals surface area contributed by atoms with Crippen LogP contribution in [-0.4, -0.2) is 47.0 Å². The van der Waals surface area contributed by atoms with Crippen molar-refractivity contribution in [3.8, 4) is 0 Å². The summed E-state index contributed by atoms with van der Waals surface area (Å²) in [6, 6.07) is 4.62. The number of rotatable bonds is 5. The molecule has 0 aromatic carbocycles. The van der Waals surface area contributed by atoms with Gasteiger partial charge in [0.05, 0.1) is 6.20 Å². The fourth-order valence-corrected chi connectivity index (χ4v) is 5.12. The largest absolute Gasteiger partial charge is 0.355 e. The molecule has 1 aliphatic heterocycles. The van der Waals surface area contributed by atoms with E-state index in [1.54, 1.807) is 23.7 Å². The Hall–Kier alpha value is -1.95. The predicted molar refractivity (Wildman–Crippen MR) is 99.7 cm³/mol. The molecule has 1 saturated heterocycles. The van der Waals surface area contributed by atoms with Crippen molar-refractivity contribution in [1.82, 2.24) is 14.9 Å². The highest BCUT2D eigenvalue weighted by molar-refractivity contribution is 7.09. The molecule has 1 amide bonds. The van der Waals surface area contributed by atoms with Gasteiger partial charge in [0.15, 0.2) is 0 Å². The van der Waals surface area contributed by atoms with Gasteiger partial charge in [0.1, 0.15) is 5.82 Å². The van der Waals surface area contributed by atoms with Gasteiger partial charge < -0.3 is 9.80 Å². The SMILES string of the molecule is CN(c1cnccn1)[C@H]1CC[C@@H]2CN(C(=O)CCc3cccs3)C[C@@H]21. The van der Waals surface area contributed by atoms with E-state index in [2.05, 4.69) is 44.3 Å². The first-order valence-corrected chi connectivity index (χ1v) is 9.89. The van der Waals surface area contributed by atoms with Gasteiger partial charge in [-0.1, -0.05) is 6.07 Å². The number of amides is 1. The molecular formula is C19H24N4OS. The average Bonchev–Trinajstić information content (AvgIpc) is 3.36. The Morgan fingerprint density at radius 1 is 1.36 bits per heavy atom. The molecule has 2 fully saturated rings. The number of fused-ring (bicyclic) bond motifs is 1. The van der Waals surface area contributed by atoms with Gasteiger partial charge in [-0.3, -0.25) is 9.78 Å². The summed E-state index contributed by atoms with van der Waals surface area (Å²) in [5.74, 6) is 2.42. The molecule has 0 unspecified atom stereocenters. The predicted octanol–water partition coefficient (Wildman–Crippen LogP) is 2.84. The monoisotopic (exact) mass is 356 g/mol. The van der Waals surface area contributed by atoms with Gasteiger partial charge in [-0.15, -0.1) is 11.3 Å². The summed E-state index contributed by atoms with van der Waals surface area (Å²) in [5.41, 5.74) is 0. The fraction of sp³-hybridized carbons (Fsp3) is 0.526. The number of aromatic nitrogens is 2. The molecule has 3 atom stereocenters. The van der Waals surface area contributed by atoms with E-state index in [9.17, 15) is 4.79 Å². The maximum absolute atomic E-state index is 12.6. The van der Waals surface area contributed by atoms with Gasteiger partial charge in [-0.2, -0.15) is 0 Å².